The van der Waals surface area contributed by atoms with Gasteiger partial charge in [-0.1, -0.05) is 158 Å². The molecule has 0 unspecified atom stereocenters. The largest absolute Gasteiger partial charge is 0.456 e. The van der Waals surface area contributed by atoms with Gasteiger partial charge in [-0.2, -0.15) is 0 Å². The number of anilines is 3. The van der Waals surface area contributed by atoms with E-state index < -0.39 is 0 Å². The lowest BCUT2D eigenvalue weighted by Gasteiger charge is -2.30. The predicted octanol–water partition coefficient (Wildman–Crippen LogP) is 13.7. The molecule has 0 spiro atoms. The Morgan fingerprint density at radius 1 is 0.320 bits per heavy atom. The molecule has 0 aliphatic rings. The van der Waals surface area contributed by atoms with Gasteiger partial charge in [0.05, 0.1) is 5.69 Å². The van der Waals surface area contributed by atoms with Gasteiger partial charge in [0.2, 0.25) is 0 Å². The molecule has 2 nitrogen and oxygen atoms in total. The maximum atomic E-state index is 6.28. The number of nitrogens with zero attached hydrogens (tertiary/aromatic N) is 1. The average Bonchev–Trinajstić information content (AvgIpc) is 3.57. The summed E-state index contributed by atoms with van der Waals surface area (Å²) in [5.41, 5.74) is 14.4. The van der Waals surface area contributed by atoms with Gasteiger partial charge in [0.15, 0.2) is 0 Å². The molecule has 0 bridgehead atoms. The molecule has 0 saturated heterocycles. The molecule has 0 fully saturated rings. The molecule has 0 saturated carbocycles. The fourth-order valence-electron chi connectivity index (χ4n) is 7.15. The highest BCUT2D eigenvalue weighted by atomic mass is 16.3. The molecule has 9 rings (SSSR count). The van der Waals surface area contributed by atoms with E-state index in [1.807, 2.05) is 12.1 Å². The summed E-state index contributed by atoms with van der Waals surface area (Å²) < 4.78 is 6.28. The monoisotopic (exact) mass is 639 g/mol. The Morgan fingerprint density at radius 2 is 0.840 bits per heavy atom. The smallest absolute Gasteiger partial charge is 0.135 e. The molecule has 0 radical (unpaired) electrons. The van der Waals surface area contributed by atoms with E-state index in [0.29, 0.717) is 0 Å². The van der Waals surface area contributed by atoms with Crippen LogP contribution in [0.3, 0.4) is 0 Å². The van der Waals surface area contributed by atoms with Gasteiger partial charge in [0.1, 0.15) is 11.2 Å². The Labute approximate surface area is 292 Å². The standard InChI is InChI=1S/C48H33NO/c1-4-15-34(16-5-1)35-27-29-38(30-28-35)49(39-31-32-47-44(33-39)42-22-12-13-26-46(42)50-47)45-25-14-24-41(37-19-8-3-9-20-37)48(45)43-23-11-10-21-40(43)36-17-6-2-7-18-36/h1-33H. The minimum absolute atomic E-state index is 0.877. The van der Waals surface area contributed by atoms with Gasteiger partial charge in [-0.3, -0.25) is 0 Å². The van der Waals surface area contributed by atoms with Crippen molar-refractivity contribution < 1.29 is 4.42 Å². The zero-order valence-electron chi connectivity index (χ0n) is 27.4. The van der Waals surface area contributed by atoms with Crippen molar-refractivity contribution in [3.63, 3.8) is 0 Å². The Morgan fingerprint density at radius 3 is 1.56 bits per heavy atom. The maximum Gasteiger partial charge on any atom is 0.135 e. The molecule has 1 aromatic heterocycles. The fraction of sp³-hybridized carbons (Fsp3) is 0. The second-order valence-corrected chi connectivity index (χ2v) is 12.5. The fourth-order valence-corrected chi connectivity index (χ4v) is 7.15. The minimum atomic E-state index is 0.877. The summed E-state index contributed by atoms with van der Waals surface area (Å²) in [6.45, 7) is 0. The van der Waals surface area contributed by atoms with Gasteiger partial charge >= 0.3 is 0 Å². The molecule has 1 heterocycles. The third-order valence-electron chi connectivity index (χ3n) is 9.50. The van der Waals surface area contributed by atoms with Gasteiger partial charge in [-0.15, -0.1) is 0 Å². The molecular weight excluding hydrogens is 607 g/mol. The molecular formula is C48H33NO. The summed E-state index contributed by atoms with van der Waals surface area (Å²) in [7, 11) is 0. The summed E-state index contributed by atoms with van der Waals surface area (Å²) in [4.78, 5) is 2.40. The lowest BCUT2D eigenvalue weighted by Crippen LogP contribution is -2.12. The van der Waals surface area contributed by atoms with Crippen molar-refractivity contribution in [2.45, 2.75) is 0 Å². The lowest BCUT2D eigenvalue weighted by molar-refractivity contribution is 0.669. The number of para-hydroxylation sites is 1. The molecule has 2 heteroatoms. The van der Waals surface area contributed by atoms with Crippen LogP contribution >= 0.6 is 0 Å². The van der Waals surface area contributed by atoms with Crippen LogP contribution in [-0.4, -0.2) is 0 Å². The highest BCUT2D eigenvalue weighted by Crippen LogP contribution is 2.48. The number of rotatable bonds is 7. The van der Waals surface area contributed by atoms with Gasteiger partial charge in [0, 0.05) is 27.7 Å². The van der Waals surface area contributed by atoms with Crippen LogP contribution in [0.1, 0.15) is 0 Å². The van der Waals surface area contributed by atoms with Crippen molar-refractivity contribution in [2.75, 3.05) is 4.90 Å². The predicted molar refractivity (Wildman–Crippen MR) is 210 cm³/mol. The van der Waals surface area contributed by atoms with Gasteiger partial charge in [-0.25, -0.2) is 0 Å². The van der Waals surface area contributed by atoms with Crippen LogP contribution < -0.4 is 4.90 Å². The molecule has 0 amide bonds. The second-order valence-electron chi connectivity index (χ2n) is 12.5. The molecule has 8 aromatic carbocycles. The summed E-state index contributed by atoms with van der Waals surface area (Å²) in [5, 5.41) is 2.20. The first kappa shape index (κ1) is 29.5. The van der Waals surface area contributed by atoms with Crippen LogP contribution in [0, 0.1) is 0 Å². The number of furan rings is 1. The highest BCUT2D eigenvalue weighted by Gasteiger charge is 2.23. The summed E-state index contributed by atoms with van der Waals surface area (Å²) in [5.74, 6) is 0. The van der Waals surface area contributed by atoms with E-state index >= 15 is 0 Å². The van der Waals surface area contributed by atoms with Gasteiger partial charge < -0.3 is 9.32 Å². The van der Waals surface area contributed by atoms with Crippen molar-refractivity contribution >= 4 is 39.0 Å². The highest BCUT2D eigenvalue weighted by molar-refractivity contribution is 6.07. The first-order chi connectivity index (χ1) is 24.8. The third kappa shape index (κ3) is 5.34. The molecule has 50 heavy (non-hydrogen) atoms. The summed E-state index contributed by atoms with van der Waals surface area (Å²) in [6.07, 6.45) is 0. The SMILES string of the molecule is c1ccc(-c2ccc(N(c3ccc4oc5ccccc5c4c3)c3cccc(-c4ccccc4)c3-c3ccccc3-c3ccccc3)cc2)cc1. The van der Waals surface area contributed by atoms with Crippen molar-refractivity contribution in [3.8, 4) is 44.5 Å². The van der Waals surface area contributed by atoms with Crippen LogP contribution in [0.4, 0.5) is 17.1 Å². The lowest BCUT2D eigenvalue weighted by atomic mass is 9.87. The first-order valence-corrected chi connectivity index (χ1v) is 17.0. The molecule has 9 aromatic rings. The van der Waals surface area contributed by atoms with E-state index in [0.717, 1.165) is 39.0 Å². The van der Waals surface area contributed by atoms with E-state index in [9.17, 15) is 0 Å². The van der Waals surface area contributed by atoms with Crippen LogP contribution in [0.25, 0.3) is 66.4 Å². The van der Waals surface area contributed by atoms with Crippen LogP contribution in [0.2, 0.25) is 0 Å². The quantitative estimate of drug-likeness (QED) is 0.173. The third-order valence-corrected chi connectivity index (χ3v) is 9.50. The van der Waals surface area contributed by atoms with Crippen molar-refractivity contribution in [3.05, 3.63) is 200 Å². The molecule has 0 N–H and O–H groups in total. The molecule has 0 aliphatic heterocycles. The van der Waals surface area contributed by atoms with Gasteiger partial charge in [-0.05, 0) is 81.4 Å². The van der Waals surface area contributed by atoms with Crippen molar-refractivity contribution in [1.29, 1.82) is 0 Å². The van der Waals surface area contributed by atoms with E-state index in [1.165, 1.54) is 44.5 Å². The second kappa shape index (κ2) is 12.8. The van der Waals surface area contributed by atoms with Gasteiger partial charge in [0.25, 0.3) is 0 Å². The van der Waals surface area contributed by atoms with E-state index in [-0.39, 0.29) is 0 Å². The Kier molecular flexibility index (Phi) is 7.53. The van der Waals surface area contributed by atoms with Crippen LogP contribution in [-0.2, 0) is 0 Å². The normalized spacial score (nSPS) is 11.2. The van der Waals surface area contributed by atoms with E-state index in [1.54, 1.807) is 0 Å². The zero-order valence-corrected chi connectivity index (χ0v) is 27.4. The van der Waals surface area contributed by atoms with Crippen molar-refractivity contribution in [1.82, 2.24) is 0 Å². The van der Waals surface area contributed by atoms with Crippen LogP contribution in [0.15, 0.2) is 205 Å². The number of hydrogen-bond donors (Lipinski definition) is 0. The molecule has 0 atom stereocenters. The minimum Gasteiger partial charge on any atom is -0.456 e. The topological polar surface area (TPSA) is 16.4 Å². The molecule has 0 aliphatic carbocycles. The number of benzene rings is 8. The first-order valence-electron chi connectivity index (χ1n) is 17.0. The Bertz CT molecular complexity index is 2570. The zero-order chi connectivity index (χ0) is 33.3. The number of hydrogen-bond acceptors (Lipinski definition) is 2. The summed E-state index contributed by atoms with van der Waals surface area (Å²) in [6, 6.07) is 71.2. The maximum absolute atomic E-state index is 6.28. The Hall–Kier alpha value is -6.64. The van der Waals surface area contributed by atoms with E-state index in [4.69, 9.17) is 4.42 Å². The molecule has 236 valence electrons. The Balaban J connectivity index is 1.33. The van der Waals surface area contributed by atoms with Crippen LogP contribution in [0.5, 0.6) is 0 Å². The number of fused-ring (bicyclic) bond motifs is 3. The summed E-state index contributed by atoms with van der Waals surface area (Å²) >= 11 is 0. The van der Waals surface area contributed by atoms with E-state index in [2.05, 4.69) is 193 Å². The average molecular weight is 640 g/mol. The van der Waals surface area contributed by atoms with Crippen molar-refractivity contribution in [2.24, 2.45) is 0 Å².